The van der Waals surface area contributed by atoms with Crippen molar-refractivity contribution >= 4 is 0 Å². The van der Waals surface area contributed by atoms with Gasteiger partial charge < -0.3 is 9.15 Å². The topological polar surface area (TPSA) is 35.3 Å². The maximum atomic E-state index is 13.1. The largest absolute Gasteiger partial charge is 0.459 e. The Bertz CT molecular complexity index is 811. The molecule has 7 heteroatoms. The fourth-order valence-corrected chi connectivity index (χ4v) is 2.02. The first-order chi connectivity index (χ1) is 11.4. The van der Waals surface area contributed by atoms with Crippen LogP contribution in [0.3, 0.4) is 0 Å². The van der Waals surface area contributed by atoms with Crippen molar-refractivity contribution < 1.29 is 26.7 Å². The highest BCUT2D eigenvalue weighted by atomic mass is 19.4. The Morgan fingerprint density at radius 1 is 0.958 bits per heavy atom. The number of rotatable bonds is 4. The highest BCUT2D eigenvalue weighted by Crippen LogP contribution is 2.38. The van der Waals surface area contributed by atoms with E-state index in [0.717, 1.165) is 0 Å². The van der Waals surface area contributed by atoms with E-state index >= 15 is 0 Å². The molecule has 0 aliphatic carbocycles. The third-order valence-electron chi connectivity index (χ3n) is 3.17. The smallest absolute Gasteiger partial charge is 0.440 e. The predicted molar refractivity (Wildman–Crippen MR) is 77.7 cm³/mol. The first kappa shape index (κ1) is 16.0. The summed E-state index contributed by atoms with van der Waals surface area (Å²) in [6.07, 6.45) is -4.71. The van der Waals surface area contributed by atoms with Crippen LogP contribution in [0.4, 0.5) is 17.6 Å². The quantitative estimate of drug-likeness (QED) is 0.623. The van der Waals surface area contributed by atoms with E-state index in [1.165, 1.54) is 24.3 Å². The lowest BCUT2D eigenvalue weighted by atomic mass is 10.2. The van der Waals surface area contributed by atoms with E-state index in [9.17, 15) is 17.6 Å². The van der Waals surface area contributed by atoms with Gasteiger partial charge in [-0.3, -0.25) is 0 Å². The number of halogens is 4. The molecule has 3 aromatic rings. The van der Waals surface area contributed by atoms with Crippen LogP contribution in [0, 0.1) is 5.82 Å². The molecule has 0 aliphatic heterocycles. The van der Waals surface area contributed by atoms with Gasteiger partial charge in [0.1, 0.15) is 12.4 Å². The normalized spacial score (nSPS) is 11.5. The Kier molecular flexibility index (Phi) is 4.24. The molecule has 0 unspecified atom stereocenters. The highest BCUT2D eigenvalue weighted by Gasteiger charge is 2.40. The zero-order chi connectivity index (χ0) is 17.2. The van der Waals surface area contributed by atoms with E-state index in [4.69, 9.17) is 9.15 Å². The zero-order valence-corrected chi connectivity index (χ0v) is 12.2. The van der Waals surface area contributed by atoms with Gasteiger partial charge in [-0.05, 0) is 29.8 Å². The number of hydrogen-bond donors (Lipinski definition) is 0. The minimum atomic E-state index is -4.71. The van der Waals surface area contributed by atoms with Crippen molar-refractivity contribution in [2.24, 2.45) is 0 Å². The van der Waals surface area contributed by atoms with Crippen LogP contribution < -0.4 is 4.74 Å². The van der Waals surface area contributed by atoms with Crippen molar-refractivity contribution in [3.05, 3.63) is 71.7 Å². The maximum Gasteiger partial charge on any atom is 0.440 e. The van der Waals surface area contributed by atoms with Crippen LogP contribution in [0.5, 0.6) is 5.95 Å². The molecular formula is C17H11F4NO2. The predicted octanol–water partition coefficient (Wildman–Crippen LogP) is 5.08. The van der Waals surface area contributed by atoms with Crippen LogP contribution in [-0.4, -0.2) is 4.98 Å². The van der Waals surface area contributed by atoms with Crippen molar-refractivity contribution in [3.63, 3.8) is 0 Å². The standard InChI is InChI=1S/C17H11F4NO2/c18-13-8-6-11(7-9-13)10-23-16-14(17(19,20)21)22-15(24-16)12-4-2-1-3-5-12/h1-9H,10H2. The molecular weight excluding hydrogens is 326 g/mol. The first-order valence-corrected chi connectivity index (χ1v) is 6.94. The average Bonchev–Trinajstić information content (AvgIpc) is 3.00. The lowest BCUT2D eigenvalue weighted by Crippen LogP contribution is -2.08. The van der Waals surface area contributed by atoms with Gasteiger partial charge in [0, 0.05) is 5.56 Å². The van der Waals surface area contributed by atoms with E-state index in [-0.39, 0.29) is 12.5 Å². The van der Waals surface area contributed by atoms with Crippen LogP contribution in [0.1, 0.15) is 11.3 Å². The van der Waals surface area contributed by atoms with Crippen LogP contribution in [-0.2, 0) is 12.8 Å². The minimum absolute atomic E-state index is 0.183. The molecule has 1 heterocycles. The summed E-state index contributed by atoms with van der Waals surface area (Å²) in [6, 6.07) is 13.4. The van der Waals surface area contributed by atoms with Crippen molar-refractivity contribution in [1.82, 2.24) is 4.98 Å². The molecule has 0 bridgehead atoms. The Morgan fingerprint density at radius 2 is 1.62 bits per heavy atom. The van der Waals surface area contributed by atoms with Gasteiger partial charge in [0.25, 0.3) is 0 Å². The summed E-state index contributed by atoms with van der Waals surface area (Å²) < 4.78 is 62.4. The van der Waals surface area contributed by atoms with Crippen LogP contribution in [0.2, 0.25) is 0 Å². The van der Waals surface area contributed by atoms with E-state index in [0.29, 0.717) is 11.1 Å². The summed E-state index contributed by atoms with van der Waals surface area (Å²) >= 11 is 0. The molecule has 3 rings (SSSR count). The summed E-state index contributed by atoms with van der Waals surface area (Å²) in [5, 5.41) is 0. The van der Waals surface area contributed by atoms with Crippen LogP contribution in [0.15, 0.2) is 59.0 Å². The number of nitrogens with zero attached hydrogens (tertiary/aromatic N) is 1. The Morgan fingerprint density at radius 3 is 2.25 bits per heavy atom. The summed E-state index contributed by atoms with van der Waals surface area (Å²) in [5.74, 6) is -1.34. The second kappa shape index (κ2) is 6.35. The maximum absolute atomic E-state index is 13.1. The number of benzene rings is 2. The zero-order valence-electron chi connectivity index (χ0n) is 12.2. The van der Waals surface area contributed by atoms with Gasteiger partial charge in [0.15, 0.2) is 0 Å². The molecule has 3 nitrogen and oxygen atoms in total. The van der Waals surface area contributed by atoms with Crippen molar-refractivity contribution in [1.29, 1.82) is 0 Å². The van der Waals surface area contributed by atoms with Gasteiger partial charge in [-0.1, -0.05) is 30.3 Å². The van der Waals surface area contributed by atoms with Crippen LogP contribution in [0.25, 0.3) is 11.5 Å². The summed E-state index contributed by atoms with van der Waals surface area (Å²) in [6.45, 7) is -0.202. The summed E-state index contributed by atoms with van der Waals surface area (Å²) in [7, 11) is 0. The molecule has 0 spiro atoms. The molecule has 0 saturated heterocycles. The molecule has 0 atom stereocenters. The molecule has 0 saturated carbocycles. The lowest BCUT2D eigenvalue weighted by Gasteiger charge is -2.06. The van der Waals surface area contributed by atoms with E-state index in [2.05, 4.69) is 4.98 Å². The van der Waals surface area contributed by atoms with E-state index in [1.807, 2.05) is 0 Å². The number of alkyl halides is 3. The fourth-order valence-electron chi connectivity index (χ4n) is 2.02. The summed E-state index contributed by atoms with van der Waals surface area (Å²) in [5.41, 5.74) is -0.328. The monoisotopic (exact) mass is 337 g/mol. The summed E-state index contributed by atoms with van der Waals surface area (Å²) in [4.78, 5) is 3.50. The van der Waals surface area contributed by atoms with Gasteiger partial charge in [-0.25, -0.2) is 9.37 Å². The van der Waals surface area contributed by atoms with E-state index in [1.54, 1.807) is 30.3 Å². The number of ether oxygens (including phenoxy) is 1. The highest BCUT2D eigenvalue weighted by molar-refractivity contribution is 5.54. The molecule has 0 aliphatic rings. The SMILES string of the molecule is Fc1ccc(COc2oc(-c3ccccc3)nc2C(F)(F)F)cc1. The van der Waals surface area contributed by atoms with E-state index < -0.39 is 23.6 Å². The van der Waals surface area contributed by atoms with Gasteiger partial charge >= 0.3 is 12.1 Å². The fraction of sp³-hybridized carbons (Fsp3) is 0.118. The minimum Gasteiger partial charge on any atom is -0.459 e. The van der Waals surface area contributed by atoms with Crippen LogP contribution >= 0.6 is 0 Å². The van der Waals surface area contributed by atoms with Gasteiger partial charge in [0.05, 0.1) is 0 Å². The molecule has 0 amide bonds. The number of aromatic nitrogens is 1. The molecule has 2 aromatic carbocycles. The van der Waals surface area contributed by atoms with Gasteiger partial charge in [-0.2, -0.15) is 13.2 Å². The third kappa shape index (κ3) is 3.56. The molecule has 1 aromatic heterocycles. The molecule has 0 fully saturated rings. The molecule has 0 radical (unpaired) electrons. The van der Waals surface area contributed by atoms with Gasteiger partial charge in [-0.15, -0.1) is 0 Å². The Balaban J connectivity index is 1.88. The average molecular weight is 337 g/mol. The van der Waals surface area contributed by atoms with Gasteiger partial charge in [0.2, 0.25) is 11.6 Å². The molecule has 124 valence electrons. The molecule has 0 N–H and O–H groups in total. The Labute approximate surface area is 134 Å². The number of hydrogen-bond acceptors (Lipinski definition) is 3. The second-order valence-corrected chi connectivity index (χ2v) is 4.93. The second-order valence-electron chi connectivity index (χ2n) is 4.93. The third-order valence-corrected chi connectivity index (χ3v) is 3.17. The molecule has 24 heavy (non-hydrogen) atoms. The van der Waals surface area contributed by atoms with Crippen molar-refractivity contribution in [2.45, 2.75) is 12.8 Å². The lowest BCUT2D eigenvalue weighted by molar-refractivity contribution is -0.143. The number of oxazole rings is 1. The Hall–Kier alpha value is -2.83. The van der Waals surface area contributed by atoms with Crippen molar-refractivity contribution in [2.75, 3.05) is 0 Å². The van der Waals surface area contributed by atoms with Crippen molar-refractivity contribution in [3.8, 4) is 17.4 Å². The first-order valence-electron chi connectivity index (χ1n) is 6.94.